The number of carbonyl (C=O) groups is 1. The standard InChI is InChI=1S/C23H17F2N3O2S/c24-17-7-4-8-18(25)19(17)23-28-20(22(26)29)21(30-23)15-11-9-14(10-12-15)13-27-31-16-5-2-1-3-6-16/h1-12,27H,13H2,(H2,26,29). The average Bonchev–Trinajstić information content (AvgIpc) is 3.20. The molecule has 156 valence electrons. The minimum absolute atomic E-state index is 0.0586. The molecule has 0 unspecified atom stereocenters. The molecule has 1 amide bonds. The van der Waals surface area contributed by atoms with E-state index in [4.69, 9.17) is 10.2 Å². The van der Waals surface area contributed by atoms with Crippen LogP contribution in [0.2, 0.25) is 0 Å². The zero-order valence-corrected chi connectivity index (χ0v) is 17.0. The summed E-state index contributed by atoms with van der Waals surface area (Å²) in [6.07, 6.45) is 0. The minimum atomic E-state index is -0.855. The Hall–Kier alpha value is -3.49. The maximum absolute atomic E-state index is 14.1. The van der Waals surface area contributed by atoms with Crippen molar-refractivity contribution in [3.8, 4) is 22.8 Å². The lowest BCUT2D eigenvalue weighted by atomic mass is 10.1. The van der Waals surface area contributed by atoms with Gasteiger partial charge in [-0.05, 0) is 41.8 Å². The Morgan fingerprint density at radius 1 is 0.968 bits per heavy atom. The van der Waals surface area contributed by atoms with Crippen molar-refractivity contribution in [2.24, 2.45) is 5.73 Å². The van der Waals surface area contributed by atoms with E-state index in [9.17, 15) is 13.6 Å². The van der Waals surface area contributed by atoms with Gasteiger partial charge in [-0.15, -0.1) is 0 Å². The fraction of sp³-hybridized carbons (Fsp3) is 0.0435. The Balaban J connectivity index is 1.56. The number of primary amides is 1. The van der Waals surface area contributed by atoms with Crippen LogP contribution in [0.4, 0.5) is 8.78 Å². The Bertz CT molecular complexity index is 1190. The lowest BCUT2D eigenvalue weighted by Crippen LogP contribution is -2.12. The van der Waals surface area contributed by atoms with Crippen molar-refractivity contribution >= 4 is 17.9 Å². The van der Waals surface area contributed by atoms with Crippen LogP contribution in [-0.4, -0.2) is 10.9 Å². The van der Waals surface area contributed by atoms with Gasteiger partial charge in [-0.2, -0.15) is 0 Å². The van der Waals surface area contributed by atoms with Crippen LogP contribution >= 0.6 is 11.9 Å². The second-order valence-corrected chi connectivity index (χ2v) is 7.56. The molecule has 0 aliphatic carbocycles. The van der Waals surface area contributed by atoms with Gasteiger partial charge in [0.2, 0.25) is 5.89 Å². The number of hydrogen-bond donors (Lipinski definition) is 2. The van der Waals surface area contributed by atoms with Crippen LogP contribution in [0.15, 0.2) is 82.1 Å². The van der Waals surface area contributed by atoms with Crippen molar-refractivity contribution in [2.45, 2.75) is 11.4 Å². The Kier molecular flexibility index (Phi) is 6.11. The fourth-order valence-electron chi connectivity index (χ4n) is 2.96. The number of aromatic nitrogens is 1. The Morgan fingerprint density at radius 2 is 1.65 bits per heavy atom. The quantitative estimate of drug-likeness (QED) is 0.389. The summed E-state index contributed by atoms with van der Waals surface area (Å²) in [4.78, 5) is 16.9. The van der Waals surface area contributed by atoms with Gasteiger partial charge in [-0.1, -0.05) is 48.5 Å². The molecule has 3 aromatic carbocycles. The van der Waals surface area contributed by atoms with E-state index in [-0.39, 0.29) is 17.3 Å². The van der Waals surface area contributed by atoms with E-state index in [1.807, 2.05) is 42.5 Å². The molecule has 0 spiro atoms. The van der Waals surface area contributed by atoms with Gasteiger partial charge in [0.05, 0.1) is 0 Å². The first-order chi connectivity index (χ1) is 15.0. The van der Waals surface area contributed by atoms with Gasteiger partial charge in [0, 0.05) is 17.0 Å². The first kappa shape index (κ1) is 20.8. The summed E-state index contributed by atoms with van der Waals surface area (Å²) in [6.45, 7) is 0.602. The summed E-state index contributed by atoms with van der Waals surface area (Å²) in [5.74, 6) is -2.83. The molecule has 1 heterocycles. The molecule has 4 rings (SSSR count). The molecule has 5 nitrogen and oxygen atoms in total. The van der Waals surface area contributed by atoms with Crippen LogP contribution in [0.25, 0.3) is 22.8 Å². The van der Waals surface area contributed by atoms with E-state index in [1.54, 1.807) is 12.1 Å². The molecule has 0 radical (unpaired) electrons. The first-order valence-electron chi connectivity index (χ1n) is 9.32. The molecule has 0 saturated carbocycles. The summed E-state index contributed by atoms with van der Waals surface area (Å²) in [5, 5.41) is 0. The topological polar surface area (TPSA) is 81.2 Å². The predicted molar refractivity (Wildman–Crippen MR) is 115 cm³/mol. The number of nitrogens with one attached hydrogen (secondary N) is 1. The van der Waals surface area contributed by atoms with E-state index >= 15 is 0 Å². The number of nitrogens with zero attached hydrogens (tertiary/aromatic N) is 1. The van der Waals surface area contributed by atoms with E-state index < -0.39 is 23.1 Å². The third-order valence-corrected chi connectivity index (χ3v) is 5.26. The molecular weight excluding hydrogens is 420 g/mol. The van der Waals surface area contributed by atoms with Crippen LogP contribution < -0.4 is 10.5 Å². The van der Waals surface area contributed by atoms with Gasteiger partial charge in [0.1, 0.15) is 17.2 Å². The number of nitrogens with two attached hydrogens (primary N) is 1. The maximum atomic E-state index is 14.1. The van der Waals surface area contributed by atoms with Crippen molar-refractivity contribution in [3.63, 3.8) is 0 Å². The summed E-state index contributed by atoms with van der Waals surface area (Å²) in [5.41, 5.74) is 6.28. The molecule has 0 fully saturated rings. The van der Waals surface area contributed by atoms with E-state index in [0.717, 1.165) is 22.6 Å². The number of amides is 1. The highest BCUT2D eigenvalue weighted by molar-refractivity contribution is 7.97. The highest BCUT2D eigenvalue weighted by atomic mass is 32.2. The fourth-order valence-corrected chi connectivity index (χ4v) is 3.66. The lowest BCUT2D eigenvalue weighted by molar-refractivity contribution is 0.0996. The van der Waals surface area contributed by atoms with Crippen molar-refractivity contribution < 1.29 is 18.0 Å². The number of halogens is 2. The van der Waals surface area contributed by atoms with Gasteiger partial charge in [0.25, 0.3) is 5.91 Å². The highest BCUT2D eigenvalue weighted by Crippen LogP contribution is 2.32. The number of hydrogen-bond acceptors (Lipinski definition) is 5. The third kappa shape index (κ3) is 4.65. The monoisotopic (exact) mass is 437 g/mol. The van der Waals surface area contributed by atoms with E-state index in [2.05, 4.69) is 9.71 Å². The minimum Gasteiger partial charge on any atom is -0.435 e. The van der Waals surface area contributed by atoms with Crippen molar-refractivity contribution in [3.05, 3.63) is 95.7 Å². The number of carbonyl (C=O) groups excluding carboxylic acids is 1. The second-order valence-electron chi connectivity index (χ2n) is 6.59. The van der Waals surface area contributed by atoms with E-state index in [0.29, 0.717) is 12.1 Å². The van der Waals surface area contributed by atoms with Gasteiger partial charge in [0.15, 0.2) is 11.5 Å². The molecular formula is C23H17F2N3O2S. The molecule has 8 heteroatoms. The molecule has 31 heavy (non-hydrogen) atoms. The summed E-state index contributed by atoms with van der Waals surface area (Å²) < 4.78 is 37.1. The molecule has 1 aromatic heterocycles. The van der Waals surface area contributed by atoms with Crippen LogP contribution in [0, 0.1) is 11.6 Å². The van der Waals surface area contributed by atoms with Crippen molar-refractivity contribution in [2.75, 3.05) is 0 Å². The van der Waals surface area contributed by atoms with Gasteiger partial charge in [-0.25, -0.2) is 13.8 Å². The normalized spacial score (nSPS) is 10.9. The Labute approximate surface area is 181 Å². The molecule has 0 aliphatic heterocycles. The summed E-state index contributed by atoms with van der Waals surface area (Å²) in [6, 6.07) is 20.5. The van der Waals surface area contributed by atoms with Gasteiger partial charge >= 0.3 is 0 Å². The van der Waals surface area contributed by atoms with Crippen LogP contribution in [-0.2, 0) is 6.54 Å². The second kappa shape index (κ2) is 9.11. The zero-order valence-electron chi connectivity index (χ0n) is 16.1. The molecule has 3 N–H and O–H groups in total. The van der Waals surface area contributed by atoms with E-state index in [1.165, 1.54) is 18.0 Å². The maximum Gasteiger partial charge on any atom is 0.271 e. The number of benzene rings is 3. The lowest BCUT2D eigenvalue weighted by Gasteiger charge is -2.05. The summed E-state index contributed by atoms with van der Waals surface area (Å²) in [7, 11) is 0. The molecule has 0 bridgehead atoms. The van der Waals surface area contributed by atoms with Gasteiger partial charge < -0.3 is 10.2 Å². The average molecular weight is 437 g/mol. The molecule has 0 aliphatic rings. The molecule has 0 saturated heterocycles. The summed E-state index contributed by atoms with van der Waals surface area (Å²) >= 11 is 1.52. The number of oxazole rings is 1. The smallest absolute Gasteiger partial charge is 0.271 e. The molecule has 0 atom stereocenters. The third-order valence-electron chi connectivity index (χ3n) is 4.46. The SMILES string of the molecule is NC(=O)c1nc(-c2c(F)cccc2F)oc1-c1ccc(CNSc2ccccc2)cc1. The van der Waals surface area contributed by atoms with Gasteiger partial charge in [-0.3, -0.25) is 9.52 Å². The largest absolute Gasteiger partial charge is 0.435 e. The van der Waals surface area contributed by atoms with Crippen molar-refractivity contribution in [1.82, 2.24) is 9.71 Å². The number of rotatable bonds is 7. The molecule has 4 aromatic rings. The van der Waals surface area contributed by atoms with Crippen LogP contribution in [0.1, 0.15) is 16.1 Å². The highest BCUT2D eigenvalue weighted by Gasteiger charge is 2.24. The van der Waals surface area contributed by atoms with Crippen LogP contribution in [0.3, 0.4) is 0 Å². The predicted octanol–water partition coefficient (Wildman–Crippen LogP) is 5.18. The first-order valence-corrected chi connectivity index (χ1v) is 10.1. The zero-order chi connectivity index (χ0) is 21.8. The Morgan fingerprint density at radius 3 is 2.29 bits per heavy atom. The van der Waals surface area contributed by atoms with Crippen molar-refractivity contribution in [1.29, 1.82) is 0 Å². The van der Waals surface area contributed by atoms with Crippen LogP contribution in [0.5, 0.6) is 0 Å².